The summed E-state index contributed by atoms with van der Waals surface area (Å²) >= 11 is 3.69. The lowest BCUT2D eigenvalue weighted by Gasteiger charge is -2.22. The fourth-order valence-corrected chi connectivity index (χ4v) is 6.20. The number of carbonyl (C=O) groups is 2. The van der Waals surface area contributed by atoms with E-state index in [0.29, 0.717) is 48.2 Å². The van der Waals surface area contributed by atoms with Crippen LogP contribution in [0.3, 0.4) is 0 Å². The third kappa shape index (κ3) is 8.24. The Morgan fingerprint density at radius 3 is 2.81 bits per heavy atom. The van der Waals surface area contributed by atoms with Crippen molar-refractivity contribution >= 4 is 35.3 Å². The number of aromatic hydroxyl groups is 1. The van der Waals surface area contributed by atoms with Crippen LogP contribution in [0.1, 0.15) is 68.8 Å². The summed E-state index contributed by atoms with van der Waals surface area (Å²) in [7, 11) is 0. The Kier molecular flexibility index (Phi) is 10.5. The van der Waals surface area contributed by atoms with Gasteiger partial charge in [-0.05, 0) is 57.4 Å². The van der Waals surface area contributed by atoms with Crippen LogP contribution in [-0.4, -0.2) is 56.9 Å². The van der Waals surface area contributed by atoms with Crippen molar-refractivity contribution in [3.05, 3.63) is 23.3 Å². The highest BCUT2D eigenvalue weighted by molar-refractivity contribution is 8.04. The van der Waals surface area contributed by atoms with E-state index in [1.54, 1.807) is 12.1 Å². The number of hydrogen-bond acceptors (Lipinski definition) is 7. The first kappa shape index (κ1) is 25.9. The topological polar surface area (TPSA) is 93.1 Å². The smallest absolute Gasteiger partial charge is 0.303 e. The van der Waals surface area contributed by atoms with Crippen LogP contribution in [-0.2, 0) is 16.0 Å². The fourth-order valence-electron chi connectivity index (χ4n) is 3.55. The molecule has 1 fully saturated rings. The Hall–Kier alpha value is -1.38. The van der Waals surface area contributed by atoms with E-state index in [4.69, 9.17) is 14.6 Å². The van der Waals surface area contributed by atoms with Crippen LogP contribution in [0.4, 0.5) is 0 Å². The van der Waals surface area contributed by atoms with Crippen LogP contribution in [0.5, 0.6) is 11.5 Å². The van der Waals surface area contributed by atoms with Crippen molar-refractivity contribution in [2.45, 2.75) is 69.5 Å². The molecule has 0 aromatic heterocycles. The molecule has 2 unspecified atom stereocenters. The number of ether oxygens (including phenoxy) is 2. The van der Waals surface area contributed by atoms with Crippen molar-refractivity contribution in [1.29, 1.82) is 0 Å². The molecular weight excluding hydrogens is 436 g/mol. The van der Waals surface area contributed by atoms with Crippen molar-refractivity contribution in [3.63, 3.8) is 0 Å². The number of thioether (sulfide) groups is 2. The third-order valence-electron chi connectivity index (χ3n) is 5.13. The Morgan fingerprint density at radius 2 is 2.13 bits per heavy atom. The number of phenols is 1. The van der Waals surface area contributed by atoms with Crippen molar-refractivity contribution in [3.8, 4) is 11.5 Å². The molecule has 1 saturated heterocycles. The highest BCUT2D eigenvalue weighted by Gasteiger charge is 2.36. The average Bonchev–Trinajstić information content (AvgIpc) is 3.07. The number of benzene rings is 1. The Bertz CT molecular complexity index is 754. The summed E-state index contributed by atoms with van der Waals surface area (Å²) in [6, 6.07) is 3.41. The zero-order valence-corrected chi connectivity index (χ0v) is 20.3. The molecule has 31 heavy (non-hydrogen) atoms. The van der Waals surface area contributed by atoms with Gasteiger partial charge in [-0.25, -0.2) is 0 Å². The lowest BCUT2D eigenvalue weighted by molar-refractivity contribution is -0.137. The SMILES string of the molecule is CCCc1c(OCCCSCC2COC(C)(CCCC(=O)O)S2)ccc(C(C)=O)c1O. The summed E-state index contributed by atoms with van der Waals surface area (Å²) < 4.78 is 11.8. The van der Waals surface area contributed by atoms with Crippen LogP contribution in [0.25, 0.3) is 0 Å². The van der Waals surface area contributed by atoms with E-state index in [2.05, 4.69) is 6.92 Å². The molecule has 1 heterocycles. The van der Waals surface area contributed by atoms with Crippen molar-refractivity contribution in [2.75, 3.05) is 24.7 Å². The number of Topliss-reactive ketones (excluding diaryl/α,β-unsaturated/α-hetero) is 1. The van der Waals surface area contributed by atoms with Gasteiger partial charge in [0.1, 0.15) is 16.4 Å². The number of carboxylic acids is 1. The van der Waals surface area contributed by atoms with Crippen LogP contribution in [0.2, 0.25) is 0 Å². The molecule has 0 aliphatic carbocycles. The first-order valence-electron chi connectivity index (χ1n) is 10.9. The average molecular weight is 471 g/mol. The summed E-state index contributed by atoms with van der Waals surface area (Å²) in [6.45, 7) is 6.80. The molecule has 8 heteroatoms. The molecule has 0 saturated carbocycles. The van der Waals surface area contributed by atoms with Gasteiger partial charge in [0.15, 0.2) is 5.78 Å². The molecule has 2 rings (SSSR count). The molecular formula is C23H34O6S2. The predicted molar refractivity (Wildman–Crippen MR) is 127 cm³/mol. The maximum atomic E-state index is 11.7. The molecule has 0 radical (unpaired) electrons. The molecule has 1 aromatic carbocycles. The fraction of sp³-hybridized carbons (Fsp3) is 0.652. The number of carboxylic acid groups (broad SMARTS) is 1. The molecule has 0 spiro atoms. The monoisotopic (exact) mass is 470 g/mol. The van der Waals surface area contributed by atoms with Gasteiger partial charge in [-0.3, -0.25) is 9.59 Å². The van der Waals surface area contributed by atoms with Crippen molar-refractivity contribution in [2.24, 2.45) is 0 Å². The van der Waals surface area contributed by atoms with E-state index in [1.165, 1.54) is 6.92 Å². The lowest BCUT2D eigenvalue weighted by atomic mass is 10.0. The van der Waals surface area contributed by atoms with Crippen LogP contribution in [0.15, 0.2) is 12.1 Å². The molecule has 1 aromatic rings. The molecule has 174 valence electrons. The first-order valence-corrected chi connectivity index (χ1v) is 12.9. The molecule has 1 aliphatic rings. The highest BCUT2D eigenvalue weighted by Crippen LogP contribution is 2.42. The lowest BCUT2D eigenvalue weighted by Crippen LogP contribution is -2.19. The molecule has 0 bridgehead atoms. The standard InChI is InChI=1S/C23H34O6S2/c1-4-7-19-20(10-9-18(16(2)24)22(19)27)28-12-6-13-30-15-17-14-29-23(3,31-17)11-5-8-21(25)26/h9-10,17,27H,4-8,11-15H2,1-3H3,(H,25,26). The zero-order chi connectivity index (χ0) is 22.9. The summed E-state index contributed by atoms with van der Waals surface area (Å²) in [5, 5.41) is 19.6. The maximum Gasteiger partial charge on any atom is 0.303 e. The van der Waals surface area contributed by atoms with Gasteiger partial charge in [0, 0.05) is 23.0 Å². The number of phenolic OH excluding ortho intramolecular Hbond substituents is 1. The van der Waals surface area contributed by atoms with Crippen molar-refractivity contribution in [1.82, 2.24) is 0 Å². The Balaban J connectivity index is 1.69. The minimum atomic E-state index is -0.757. The number of carbonyl (C=O) groups excluding carboxylic acids is 1. The molecule has 2 atom stereocenters. The van der Waals surface area contributed by atoms with Gasteiger partial charge in [-0.2, -0.15) is 11.8 Å². The minimum Gasteiger partial charge on any atom is -0.507 e. The van der Waals surface area contributed by atoms with Gasteiger partial charge in [-0.15, -0.1) is 11.8 Å². The second-order valence-electron chi connectivity index (χ2n) is 7.95. The quantitative estimate of drug-likeness (QED) is 0.285. The van der Waals surface area contributed by atoms with E-state index in [9.17, 15) is 14.7 Å². The second kappa shape index (κ2) is 12.6. The number of hydrogen-bond donors (Lipinski definition) is 2. The molecule has 1 aliphatic heterocycles. The third-order valence-corrected chi connectivity index (χ3v) is 8.01. The van der Waals surface area contributed by atoms with E-state index >= 15 is 0 Å². The van der Waals surface area contributed by atoms with E-state index in [1.807, 2.05) is 30.4 Å². The second-order valence-corrected chi connectivity index (χ2v) is 10.9. The number of rotatable bonds is 14. The van der Waals surface area contributed by atoms with Gasteiger partial charge in [0.25, 0.3) is 0 Å². The van der Waals surface area contributed by atoms with E-state index in [-0.39, 0.29) is 22.9 Å². The first-order chi connectivity index (χ1) is 14.8. The predicted octanol–water partition coefficient (Wildman–Crippen LogP) is 5.15. The van der Waals surface area contributed by atoms with Gasteiger partial charge in [-0.1, -0.05) is 13.3 Å². The minimum absolute atomic E-state index is 0.0471. The normalized spacial score (nSPS) is 20.7. The zero-order valence-electron chi connectivity index (χ0n) is 18.6. The molecule has 6 nitrogen and oxygen atoms in total. The molecule has 2 N–H and O–H groups in total. The summed E-state index contributed by atoms with van der Waals surface area (Å²) in [5.74, 6) is 1.76. The Morgan fingerprint density at radius 1 is 1.35 bits per heavy atom. The van der Waals surface area contributed by atoms with Gasteiger partial charge in [0.2, 0.25) is 0 Å². The molecule has 0 amide bonds. The number of ketones is 1. The Labute approximate surface area is 193 Å². The largest absolute Gasteiger partial charge is 0.507 e. The van der Waals surface area contributed by atoms with E-state index < -0.39 is 5.97 Å². The maximum absolute atomic E-state index is 11.7. The highest BCUT2D eigenvalue weighted by atomic mass is 32.2. The van der Waals surface area contributed by atoms with Gasteiger partial charge >= 0.3 is 5.97 Å². The van der Waals surface area contributed by atoms with Crippen LogP contribution < -0.4 is 4.74 Å². The summed E-state index contributed by atoms with van der Waals surface area (Å²) in [4.78, 5) is 22.1. The summed E-state index contributed by atoms with van der Waals surface area (Å²) in [6.07, 6.45) is 4.00. The van der Waals surface area contributed by atoms with Crippen molar-refractivity contribution < 1.29 is 29.3 Å². The number of aliphatic carboxylic acids is 1. The summed E-state index contributed by atoms with van der Waals surface area (Å²) in [5.41, 5.74) is 1.06. The van der Waals surface area contributed by atoms with Crippen LogP contribution >= 0.6 is 23.5 Å². The van der Waals surface area contributed by atoms with Gasteiger partial charge < -0.3 is 19.7 Å². The van der Waals surface area contributed by atoms with Gasteiger partial charge in [0.05, 0.1) is 18.8 Å². The van der Waals surface area contributed by atoms with E-state index in [0.717, 1.165) is 30.8 Å². The van der Waals surface area contributed by atoms with Crippen LogP contribution in [0, 0.1) is 0 Å².